The van der Waals surface area contributed by atoms with E-state index in [0.717, 1.165) is 0 Å². The number of hydrogen-bond donors (Lipinski definition) is 2. The summed E-state index contributed by atoms with van der Waals surface area (Å²) in [6.07, 6.45) is 2.86. The number of nitrogens with one attached hydrogen (secondary N) is 2. The Morgan fingerprint density at radius 3 is 2.55 bits per heavy atom. The first-order valence-electron chi connectivity index (χ1n) is 8.61. The Hall–Kier alpha value is -4.07. The van der Waals surface area contributed by atoms with Crippen LogP contribution in [0.2, 0.25) is 0 Å². The average molecular weight is 393 g/mol. The smallest absolute Gasteiger partial charge is 0.291 e. The standard InChI is InChI=1S/C21H19N3O5/c1-27-15-10-9-14(19(12-15)28-2)13-22-24-20(25)16-6-3-4-7-17(16)23-21(26)18-8-5-11-29-18/h3-13H,1-2H3,(H,23,26)(H,24,25)/b22-13-. The van der Waals surface area contributed by atoms with Gasteiger partial charge in [0.05, 0.1) is 37.9 Å². The molecule has 2 aromatic carbocycles. The van der Waals surface area contributed by atoms with E-state index in [2.05, 4.69) is 15.8 Å². The summed E-state index contributed by atoms with van der Waals surface area (Å²) < 4.78 is 15.5. The lowest BCUT2D eigenvalue weighted by Gasteiger charge is -2.09. The van der Waals surface area contributed by atoms with E-state index in [1.807, 2.05) is 0 Å². The molecule has 2 N–H and O–H groups in total. The van der Waals surface area contributed by atoms with Gasteiger partial charge in [0, 0.05) is 11.6 Å². The van der Waals surface area contributed by atoms with E-state index in [0.29, 0.717) is 22.7 Å². The highest BCUT2D eigenvalue weighted by molar-refractivity contribution is 6.08. The molecule has 8 nitrogen and oxygen atoms in total. The summed E-state index contributed by atoms with van der Waals surface area (Å²) in [6, 6.07) is 15.0. The van der Waals surface area contributed by atoms with Crippen molar-refractivity contribution in [3.8, 4) is 11.5 Å². The maximum atomic E-state index is 12.5. The van der Waals surface area contributed by atoms with Crippen molar-refractivity contribution in [3.05, 3.63) is 77.7 Å². The second kappa shape index (κ2) is 9.23. The third-order valence-electron chi connectivity index (χ3n) is 3.98. The van der Waals surface area contributed by atoms with Crippen molar-refractivity contribution in [2.75, 3.05) is 19.5 Å². The van der Waals surface area contributed by atoms with Crippen molar-refractivity contribution in [1.82, 2.24) is 5.43 Å². The number of hydrazone groups is 1. The quantitative estimate of drug-likeness (QED) is 0.474. The molecule has 1 aromatic heterocycles. The van der Waals surface area contributed by atoms with E-state index in [9.17, 15) is 9.59 Å². The molecule has 1 heterocycles. The molecule has 8 heteroatoms. The fourth-order valence-electron chi connectivity index (χ4n) is 2.53. The summed E-state index contributed by atoms with van der Waals surface area (Å²) in [5.74, 6) is 0.397. The van der Waals surface area contributed by atoms with E-state index in [1.54, 1.807) is 55.6 Å². The summed E-state index contributed by atoms with van der Waals surface area (Å²) >= 11 is 0. The van der Waals surface area contributed by atoms with Gasteiger partial charge in [0.25, 0.3) is 11.8 Å². The second-order valence-electron chi connectivity index (χ2n) is 5.78. The van der Waals surface area contributed by atoms with E-state index in [-0.39, 0.29) is 11.3 Å². The molecule has 0 radical (unpaired) electrons. The molecule has 0 fully saturated rings. The molecule has 0 aliphatic heterocycles. The van der Waals surface area contributed by atoms with Crippen LogP contribution in [0.25, 0.3) is 0 Å². The van der Waals surface area contributed by atoms with Gasteiger partial charge in [-0.15, -0.1) is 0 Å². The zero-order chi connectivity index (χ0) is 20.6. The monoisotopic (exact) mass is 393 g/mol. The third kappa shape index (κ3) is 4.81. The van der Waals surface area contributed by atoms with Gasteiger partial charge in [0.2, 0.25) is 0 Å². The molecule has 0 aliphatic carbocycles. The molecule has 3 aromatic rings. The van der Waals surface area contributed by atoms with Crippen LogP contribution >= 0.6 is 0 Å². The highest BCUT2D eigenvalue weighted by atomic mass is 16.5. The van der Waals surface area contributed by atoms with Gasteiger partial charge >= 0.3 is 0 Å². The van der Waals surface area contributed by atoms with Crippen LogP contribution in [0.1, 0.15) is 26.5 Å². The van der Waals surface area contributed by atoms with E-state index < -0.39 is 11.8 Å². The maximum absolute atomic E-state index is 12.5. The Balaban J connectivity index is 1.71. The van der Waals surface area contributed by atoms with Crippen molar-refractivity contribution in [1.29, 1.82) is 0 Å². The number of rotatable bonds is 7. The van der Waals surface area contributed by atoms with E-state index in [1.165, 1.54) is 25.7 Å². The molecule has 0 spiro atoms. The van der Waals surface area contributed by atoms with Crippen LogP contribution in [0.4, 0.5) is 5.69 Å². The van der Waals surface area contributed by atoms with Crippen LogP contribution in [0.15, 0.2) is 70.4 Å². The zero-order valence-electron chi connectivity index (χ0n) is 15.8. The van der Waals surface area contributed by atoms with Crippen molar-refractivity contribution in [2.45, 2.75) is 0 Å². The van der Waals surface area contributed by atoms with Crippen molar-refractivity contribution >= 4 is 23.7 Å². The predicted molar refractivity (Wildman–Crippen MR) is 108 cm³/mol. The van der Waals surface area contributed by atoms with E-state index in [4.69, 9.17) is 13.9 Å². The fraction of sp³-hybridized carbons (Fsp3) is 0.0952. The molecule has 0 aliphatic rings. The molecule has 0 bridgehead atoms. The minimum absolute atomic E-state index is 0.143. The molecule has 29 heavy (non-hydrogen) atoms. The molecular weight excluding hydrogens is 374 g/mol. The minimum atomic E-state index is -0.482. The first-order chi connectivity index (χ1) is 14.1. The summed E-state index contributed by atoms with van der Waals surface area (Å²) in [6.45, 7) is 0. The van der Waals surface area contributed by atoms with Crippen molar-refractivity contribution in [2.24, 2.45) is 5.10 Å². The normalized spacial score (nSPS) is 10.6. The largest absolute Gasteiger partial charge is 0.497 e. The van der Waals surface area contributed by atoms with Gasteiger partial charge in [-0.1, -0.05) is 12.1 Å². The summed E-state index contributed by atoms with van der Waals surface area (Å²) in [4.78, 5) is 24.7. The van der Waals surface area contributed by atoms with Crippen LogP contribution in [0.5, 0.6) is 11.5 Å². The first kappa shape index (κ1) is 19.7. The SMILES string of the molecule is COc1ccc(/C=N\NC(=O)c2ccccc2NC(=O)c2ccco2)c(OC)c1. The molecule has 3 rings (SSSR count). The summed E-state index contributed by atoms with van der Waals surface area (Å²) in [7, 11) is 3.09. The Morgan fingerprint density at radius 2 is 1.83 bits per heavy atom. The maximum Gasteiger partial charge on any atom is 0.291 e. The van der Waals surface area contributed by atoms with Crippen LogP contribution in [0.3, 0.4) is 0 Å². The highest BCUT2D eigenvalue weighted by Gasteiger charge is 2.15. The van der Waals surface area contributed by atoms with Gasteiger partial charge in [-0.05, 0) is 36.4 Å². The Kier molecular flexibility index (Phi) is 6.26. The summed E-state index contributed by atoms with van der Waals surface area (Å²) in [5.41, 5.74) is 3.70. The Bertz CT molecular complexity index is 1030. The first-order valence-corrected chi connectivity index (χ1v) is 8.61. The van der Waals surface area contributed by atoms with Gasteiger partial charge in [0.1, 0.15) is 11.5 Å². The summed E-state index contributed by atoms with van der Waals surface area (Å²) in [5, 5.41) is 6.63. The number of hydrogen-bond acceptors (Lipinski definition) is 6. The topological polar surface area (TPSA) is 102 Å². The lowest BCUT2D eigenvalue weighted by atomic mass is 10.1. The highest BCUT2D eigenvalue weighted by Crippen LogP contribution is 2.23. The number of carbonyl (C=O) groups excluding carboxylic acids is 2. The van der Waals surface area contributed by atoms with Gasteiger partial charge in [0.15, 0.2) is 5.76 Å². The van der Waals surface area contributed by atoms with E-state index >= 15 is 0 Å². The van der Waals surface area contributed by atoms with Crippen LogP contribution in [-0.2, 0) is 0 Å². The molecule has 0 atom stereocenters. The number of benzene rings is 2. The molecule has 2 amide bonds. The number of furan rings is 1. The predicted octanol–water partition coefficient (Wildman–Crippen LogP) is 3.31. The van der Waals surface area contributed by atoms with Crippen LogP contribution < -0.4 is 20.2 Å². The minimum Gasteiger partial charge on any atom is -0.497 e. The Morgan fingerprint density at radius 1 is 1.00 bits per heavy atom. The lowest BCUT2D eigenvalue weighted by molar-refractivity contribution is 0.0956. The van der Waals surface area contributed by atoms with Gasteiger partial charge in [-0.3, -0.25) is 9.59 Å². The number of anilines is 1. The van der Waals surface area contributed by atoms with Gasteiger partial charge in [-0.25, -0.2) is 5.43 Å². The lowest BCUT2D eigenvalue weighted by Crippen LogP contribution is -2.21. The number of methoxy groups -OCH3 is 2. The number of ether oxygens (including phenoxy) is 2. The Labute approximate surface area is 167 Å². The number of carbonyl (C=O) groups is 2. The fourth-order valence-corrected chi connectivity index (χ4v) is 2.53. The molecule has 0 saturated carbocycles. The second-order valence-corrected chi connectivity index (χ2v) is 5.78. The number of nitrogens with zero attached hydrogens (tertiary/aromatic N) is 1. The van der Waals surface area contributed by atoms with Crippen molar-refractivity contribution < 1.29 is 23.5 Å². The van der Waals surface area contributed by atoms with Gasteiger partial charge < -0.3 is 19.2 Å². The third-order valence-corrected chi connectivity index (χ3v) is 3.98. The molecule has 0 unspecified atom stereocenters. The van der Waals surface area contributed by atoms with Crippen molar-refractivity contribution in [3.63, 3.8) is 0 Å². The number of para-hydroxylation sites is 1. The average Bonchev–Trinajstić information content (AvgIpc) is 3.29. The van der Waals surface area contributed by atoms with Crippen LogP contribution in [0, 0.1) is 0 Å². The zero-order valence-corrected chi connectivity index (χ0v) is 15.8. The molecule has 0 saturated heterocycles. The van der Waals surface area contributed by atoms with Gasteiger partial charge in [-0.2, -0.15) is 5.10 Å². The molecular formula is C21H19N3O5. The molecule has 148 valence electrons. The number of amides is 2. The van der Waals surface area contributed by atoms with Crippen LogP contribution in [-0.4, -0.2) is 32.2 Å².